The van der Waals surface area contributed by atoms with Crippen LogP contribution in [0.3, 0.4) is 0 Å². The summed E-state index contributed by atoms with van der Waals surface area (Å²) in [5, 5.41) is 1.47. The molecule has 0 saturated heterocycles. The Balaban J connectivity index is 2.06. The predicted molar refractivity (Wildman–Crippen MR) is 75.5 cm³/mol. The van der Waals surface area contributed by atoms with Crippen molar-refractivity contribution in [2.75, 3.05) is 5.73 Å². The van der Waals surface area contributed by atoms with E-state index >= 15 is 0 Å². The Labute approximate surface area is 114 Å². The molecule has 0 aliphatic carbocycles. The lowest BCUT2D eigenvalue weighted by atomic mass is 10.2. The number of ether oxygens (including phenoxy) is 1. The molecule has 3 aromatic rings. The number of nitrogen functional groups attached to an aromatic ring is 1. The first-order chi connectivity index (χ1) is 9.24. The van der Waals surface area contributed by atoms with E-state index in [-0.39, 0.29) is 0 Å². The van der Waals surface area contributed by atoms with Gasteiger partial charge in [0.15, 0.2) is 5.75 Å². The normalized spacial score (nSPS) is 10.6. The van der Waals surface area contributed by atoms with Gasteiger partial charge in [0.2, 0.25) is 5.88 Å². The van der Waals surface area contributed by atoms with E-state index in [2.05, 4.69) is 9.97 Å². The van der Waals surface area contributed by atoms with Gasteiger partial charge >= 0.3 is 0 Å². The molecular formula is C14H10ClN3O. The fourth-order valence-corrected chi connectivity index (χ4v) is 1.96. The highest BCUT2D eigenvalue weighted by atomic mass is 35.5. The van der Waals surface area contributed by atoms with Gasteiger partial charge in [-0.1, -0.05) is 29.8 Å². The summed E-state index contributed by atoms with van der Waals surface area (Å²) in [6.07, 6.45) is 3.21. The minimum atomic E-state index is 0.322. The summed E-state index contributed by atoms with van der Waals surface area (Å²) in [5.74, 6) is 0.933. The van der Waals surface area contributed by atoms with E-state index < -0.39 is 0 Å². The number of aromatic nitrogens is 2. The highest BCUT2D eigenvalue weighted by Crippen LogP contribution is 2.30. The summed E-state index contributed by atoms with van der Waals surface area (Å²) >= 11 is 5.80. The molecule has 4 nitrogen and oxygen atoms in total. The second-order valence-corrected chi connectivity index (χ2v) is 4.42. The number of pyridine rings is 2. The highest BCUT2D eigenvalue weighted by molar-refractivity contribution is 6.30. The highest BCUT2D eigenvalue weighted by Gasteiger charge is 2.08. The van der Waals surface area contributed by atoms with Crippen LogP contribution in [0.15, 0.2) is 48.8 Å². The summed E-state index contributed by atoms with van der Waals surface area (Å²) in [6.45, 7) is 0. The van der Waals surface area contributed by atoms with Gasteiger partial charge < -0.3 is 10.5 Å². The minimum absolute atomic E-state index is 0.322. The third-order valence-electron chi connectivity index (χ3n) is 2.65. The van der Waals surface area contributed by atoms with Gasteiger partial charge in [-0.2, -0.15) is 0 Å². The van der Waals surface area contributed by atoms with Crippen LogP contribution in [0.2, 0.25) is 5.02 Å². The summed E-state index contributed by atoms with van der Waals surface area (Å²) in [6, 6.07) is 11.1. The van der Waals surface area contributed by atoms with Crippen LogP contribution in [0.4, 0.5) is 5.69 Å². The monoisotopic (exact) mass is 271 g/mol. The Morgan fingerprint density at radius 1 is 1.11 bits per heavy atom. The first-order valence-corrected chi connectivity index (χ1v) is 6.04. The van der Waals surface area contributed by atoms with Crippen LogP contribution in [0.25, 0.3) is 10.9 Å². The van der Waals surface area contributed by atoms with Crippen LogP contribution in [0.1, 0.15) is 0 Å². The second-order valence-electron chi connectivity index (χ2n) is 3.98. The van der Waals surface area contributed by atoms with Crippen LogP contribution in [0, 0.1) is 0 Å². The van der Waals surface area contributed by atoms with Crippen LogP contribution in [-0.4, -0.2) is 9.97 Å². The van der Waals surface area contributed by atoms with Crippen molar-refractivity contribution in [2.24, 2.45) is 0 Å². The molecule has 2 aromatic heterocycles. The van der Waals surface area contributed by atoms with Crippen molar-refractivity contribution in [1.29, 1.82) is 0 Å². The zero-order valence-corrected chi connectivity index (χ0v) is 10.6. The number of hydrogen-bond donors (Lipinski definition) is 1. The van der Waals surface area contributed by atoms with Crippen molar-refractivity contribution in [3.63, 3.8) is 0 Å². The smallest absolute Gasteiger partial charge is 0.242 e. The molecule has 0 saturated carbocycles. The Hall–Kier alpha value is -2.33. The first kappa shape index (κ1) is 11.7. The van der Waals surface area contributed by atoms with Crippen molar-refractivity contribution in [1.82, 2.24) is 9.97 Å². The third-order valence-corrected chi connectivity index (χ3v) is 2.85. The molecule has 5 heteroatoms. The van der Waals surface area contributed by atoms with Gasteiger partial charge in [-0.05, 0) is 18.2 Å². The van der Waals surface area contributed by atoms with Gasteiger partial charge in [-0.15, -0.1) is 0 Å². The van der Waals surface area contributed by atoms with E-state index in [1.54, 1.807) is 12.3 Å². The molecule has 0 aliphatic heterocycles. The van der Waals surface area contributed by atoms with Gasteiger partial charge in [-0.3, -0.25) is 4.98 Å². The summed E-state index contributed by atoms with van der Waals surface area (Å²) in [5.41, 5.74) is 6.98. The quantitative estimate of drug-likeness (QED) is 0.773. The number of fused-ring (bicyclic) bond motifs is 1. The molecule has 0 aliphatic rings. The molecule has 0 atom stereocenters. The maximum atomic E-state index is 5.82. The van der Waals surface area contributed by atoms with Gasteiger partial charge in [0, 0.05) is 17.8 Å². The second kappa shape index (κ2) is 4.74. The molecule has 2 heterocycles. The van der Waals surface area contributed by atoms with E-state index in [0.717, 1.165) is 10.9 Å². The zero-order chi connectivity index (χ0) is 13.2. The van der Waals surface area contributed by atoms with Gasteiger partial charge in [0.25, 0.3) is 0 Å². The van der Waals surface area contributed by atoms with Gasteiger partial charge in [0.05, 0.1) is 10.7 Å². The number of nitrogens with two attached hydrogens (primary N) is 1. The third kappa shape index (κ3) is 2.30. The number of nitrogens with zero attached hydrogens (tertiary/aromatic N) is 2. The lowest BCUT2D eigenvalue weighted by molar-refractivity contribution is 0.470. The lowest BCUT2D eigenvalue weighted by Crippen LogP contribution is -1.95. The average Bonchev–Trinajstić information content (AvgIpc) is 2.42. The maximum Gasteiger partial charge on any atom is 0.242 e. The predicted octanol–water partition coefficient (Wildman–Crippen LogP) is 3.66. The molecule has 2 N–H and O–H groups in total. The van der Waals surface area contributed by atoms with Crippen molar-refractivity contribution in [3.8, 4) is 11.6 Å². The van der Waals surface area contributed by atoms with Crippen molar-refractivity contribution in [3.05, 3.63) is 53.8 Å². The van der Waals surface area contributed by atoms with E-state index in [1.165, 1.54) is 6.20 Å². The van der Waals surface area contributed by atoms with Gasteiger partial charge in [0.1, 0.15) is 5.52 Å². The van der Waals surface area contributed by atoms with Crippen LogP contribution in [0.5, 0.6) is 11.6 Å². The standard InChI is InChI=1S/C14H10ClN3O/c15-10-7-11(16)14(18-8-10)19-12-5-1-3-9-4-2-6-17-13(9)12/h1-8H,16H2. The fraction of sp³-hybridized carbons (Fsp3) is 0. The average molecular weight is 272 g/mol. The number of halogens is 1. The summed E-state index contributed by atoms with van der Waals surface area (Å²) < 4.78 is 5.72. The largest absolute Gasteiger partial charge is 0.435 e. The Morgan fingerprint density at radius 3 is 2.79 bits per heavy atom. The Morgan fingerprint density at radius 2 is 1.95 bits per heavy atom. The molecule has 0 spiro atoms. The molecule has 0 unspecified atom stereocenters. The Bertz CT molecular complexity index is 740. The molecule has 1 aromatic carbocycles. The topological polar surface area (TPSA) is 61.0 Å². The van der Waals surface area contributed by atoms with Crippen LogP contribution >= 0.6 is 11.6 Å². The first-order valence-electron chi connectivity index (χ1n) is 5.66. The molecule has 19 heavy (non-hydrogen) atoms. The number of para-hydroxylation sites is 1. The van der Waals surface area contributed by atoms with Crippen molar-refractivity contribution >= 4 is 28.2 Å². The van der Waals surface area contributed by atoms with E-state index in [9.17, 15) is 0 Å². The minimum Gasteiger partial charge on any atom is -0.435 e. The van der Waals surface area contributed by atoms with Gasteiger partial charge in [-0.25, -0.2) is 4.98 Å². The number of anilines is 1. The van der Waals surface area contributed by atoms with E-state index in [0.29, 0.717) is 22.3 Å². The van der Waals surface area contributed by atoms with Crippen molar-refractivity contribution < 1.29 is 4.74 Å². The van der Waals surface area contributed by atoms with E-state index in [1.807, 2.05) is 30.3 Å². The van der Waals surface area contributed by atoms with Crippen LogP contribution in [-0.2, 0) is 0 Å². The number of hydrogen-bond acceptors (Lipinski definition) is 4. The maximum absolute atomic E-state index is 5.82. The summed E-state index contributed by atoms with van der Waals surface area (Å²) in [4.78, 5) is 8.38. The molecule has 0 amide bonds. The Kier molecular flexibility index (Phi) is 2.93. The molecule has 3 rings (SSSR count). The fourth-order valence-electron chi connectivity index (χ4n) is 1.79. The lowest BCUT2D eigenvalue weighted by Gasteiger charge is -2.09. The molecule has 0 radical (unpaired) electrons. The molecule has 0 bridgehead atoms. The zero-order valence-electron chi connectivity index (χ0n) is 9.88. The SMILES string of the molecule is Nc1cc(Cl)cnc1Oc1cccc2cccnc12. The number of rotatable bonds is 2. The van der Waals surface area contributed by atoms with E-state index in [4.69, 9.17) is 22.1 Å². The number of benzene rings is 1. The van der Waals surface area contributed by atoms with Crippen LogP contribution < -0.4 is 10.5 Å². The molecular weight excluding hydrogens is 262 g/mol. The van der Waals surface area contributed by atoms with Crippen molar-refractivity contribution in [2.45, 2.75) is 0 Å². The molecule has 94 valence electrons. The molecule has 0 fully saturated rings. The summed E-state index contributed by atoms with van der Waals surface area (Å²) in [7, 11) is 0.